The van der Waals surface area contributed by atoms with Crippen molar-refractivity contribution < 1.29 is 9.47 Å². The quantitative estimate of drug-likeness (QED) is 0.905. The first-order chi connectivity index (χ1) is 9.20. The number of ether oxygens (including phenoxy) is 2. The topological polar surface area (TPSA) is 30.5 Å². The SMILES string of the molecule is CCCOc1ccc(C2CNC(C)C(C)CO2)cc1. The zero-order valence-corrected chi connectivity index (χ0v) is 12.2. The predicted molar refractivity (Wildman–Crippen MR) is 77.5 cm³/mol. The summed E-state index contributed by atoms with van der Waals surface area (Å²) < 4.78 is 11.6. The minimum absolute atomic E-state index is 0.146. The minimum Gasteiger partial charge on any atom is -0.494 e. The van der Waals surface area contributed by atoms with Crippen LogP contribution in [-0.2, 0) is 4.74 Å². The molecule has 0 saturated carbocycles. The van der Waals surface area contributed by atoms with E-state index in [9.17, 15) is 0 Å². The van der Waals surface area contributed by atoms with E-state index in [1.165, 1.54) is 5.56 Å². The van der Waals surface area contributed by atoms with Crippen LogP contribution in [-0.4, -0.2) is 25.8 Å². The van der Waals surface area contributed by atoms with Gasteiger partial charge in [-0.3, -0.25) is 0 Å². The maximum absolute atomic E-state index is 5.99. The smallest absolute Gasteiger partial charge is 0.119 e. The first kappa shape index (κ1) is 14.4. The van der Waals surface area contributed by atoms with Gasteiger partial charge in [-0.25, -0.2) is 0 Å². The molecule has 0 radical (unpaired) electrons. The predicted octanol–water partition coefficient (Wildman–Crippen LogP) is 3.16. The fourth-order valence-electron chi connectivity index (χ4n) is 2.18. The van der Waals surface area contributed by atoms with E-state index in [1.54, 1.807) is 0 Å². The van der Waals surface area contributed by atoms with E-state index in [-0.39, 0.29) is 6.10 Å². The molecule has 1 aromatic carbocycles. The molecule has 1 aromatic rings. The van der Waals surface area contributed by atoms with Gasteiger partial charge in [-0.05, 0) is 37.0 Å². The van der Waals surface area contributed by atoms with Gasteiger partial charge in [0.25, 0.3) is 0 Å². The maximum atomic E-state index is 5.99. The van der Waals surface area contributed by atoms with Crippen LogP contribution in [0.1, 0.15) is 38.9 Å². The summed E-state index contributed by atoms with van der Waals surface area (Å²) in [4.78, 5) is 0. The van der Waals surface area contributed by atoms with Crippen molar-refractivity contribution in [3.05, 3.63) is 29.8 Å². The third-order valence-corrected chi connectivity index (χ3v) is 3.76. The molecule has 0 amide bonds. The monoisotopic (exact) mass is 263 g/mol. The Morgan fingerprint density at radius 1 is 1.26 bits per heavy atom. The van der Waals surface area contributed by atoms with Gasteiger partial charge in [0, 0.05) is 12.6 Å². The Balaban J connectivity index is 1.97. The Kier molecular flexibility index (Phi) is 5.23. The van der Waals surface area contributed by atoms with E-state index < -0.39 is 0 Å². The summed E-state index contributed by atoms with van der Waals surface area (Å²) in [5, 5.41) is 3.54. The summed E-state index contributed by atoms with van der Waals surface area (Å²) in [5.41, 5.74) is 1.22. The molecule has 3 heteroatoms. The molecule has 1 aliphatic rings. The van der Waals surface area contributed by atoms with Crippen LogP contribution in [0.3, 0.4) is 0 Å². The summed E-state index contributed by atoms with van der Waals surface area (Å²) in [6.45, 7) is 9.02. The van der Waals surface area contributed by atoms with Gasteiger partial charge in [0.15, 0.2) is 0 Å². The molecule has 106 valence electrons. The van der Waals surface area contributed by atoms with Crippen LogP contribution >= 0.6 is 0 Å². The highest BCUT2D eigenvalue weighted by Gasteiger charge is 2.22. The lowest BCUT2D eigenvalue weighted by Crippen LogP contribution is -2.32. The molecule has 0 aromatic heterocycles. The lowest BCUT2D eigenvalue weighted by Gasteiger charge is -2.16. The van der Waals surface area contributed by atoms with Crippen LogP contribution in [0.5, 0.6) is 5.75 Å². The standard InChI is InChI=1S/C16H25NO2/c1-4-9-18-15-7-5-14(6-8-15)16-10-17-13(3)12(2)11-19-16/h5-8,12-13,16-17H,4,9-11H2,1-3H3. The van der Waals surface area contributed by atoms with Crippen molar-refractivity contribution in [3.63, 3.8) is 0 Å². The van der Waals surface area contributed by atoms with Crippen LogP contribution < -0.4 is 10.1 Å². The second-order valence-electron chi connectivity index (χ2n) is 5.41. The zero-order valence-electron chi connectivity index (χ0n) is 12.2. The van der Waals surface area contributed by atoms with E-state index in [0.29, 0.717) is 12.0 Å². The van der Waals surface area contributed by atoms with Gasteiger partial charge >= 0.3 is 0 Å². The fourth-order valence-corrected chi connectivity index (χ4v) is 2.18. The van der Waals surface area contributed by atoms with Gasteiger partial charge in [-0.1, -0.05) is 26.0 Å². The Bertz CT molecular complexity index is 365. The Hall–Kier alpha value is -1.06. The largest absolute Gasteiger partial charge is 0.494 e. The summed E-state index contributed by atoms with van der Waals surface area (Å²) >= 11 is 0. The van der Waals surface area contributed by atoms with Crippen molar-refractivity contribution in [3.8, 4) is 5.75 Å². The van der Waals surface area contributed by atoms with Crippen LogP contribution in [0.15, 0.2) is 24.3 Å². The lowest BCUT2D eigenvalue weighted by atomic mass is 10.1. The second-order valence-corrected chi connectivity index (χ2v) is 5.41. The van der Waals surface area contributed by atoms with E-state index >= 15 is 0 Å². The summed E-state index contributed by atoms with van der Waals surface area (Å²) in [7, 11) is 0. The molecule has 3 nitrogen and oxygen atoms in total. The molecule has 1 aliphatic heterocycles. The molecule has 3 unspecified atom stereocenters. The van der Waals surface area contributed by atoms with Crippen molar-refractivity contribution in [2.24, 2.45) is 5.92 Å². The van der Waals surface area contributed by atoms with Gasteiger partial charge in [-0.15, -0.1) is 0 Å². The zero-order chi connectivity index (χ0) is 13.7. The Labute approximate surface area is 116 Å². The van der Waals surface area contributed by atoms with Crippen molar-refractivity contribution in [1.29, 1.82) is 0 Å². The summed E-state index contributed by atoms with van der Waals surface area (Å²) in [6, 6.07) is 8.80. The number of hydrogen-bond acceptors (Lipinski definition) is 3. The van der Waals surface area contributed by atoms with Gasteiger partial charge in [0.1, 0.15) is 5.75 Å². The fraction of sp³-hybridized carbons (Fsp3) is 0.625. The molecular weight excluding hydrogens is 238 g/mol. The van der Waals surface area contributed by atoms with Crippen molar-refractivity contribution >= 4 is 0 Å². The molecule has 1 fully saturated rings. The highest BCUT2D eigenvalue weighted by atomic mass is 16.5. The highest BCUT2D eigenvalue weighted by molar-refractivity contribution is 5.29. The van der Waals surface area contributed by atoms with Gasteiger partial charge in [-0.2, -0.15) is 0 Å². The van der Waals surface area contributed by atoms with Crippen LogP contribution in [0.25, 0.3) is 0 Å². The summed E-state index contributed by atoms with van der Waals surface area (Å²) in [5.74, 6) is 1.49. The minimum atomic E-state index is 0.146. The van der Waals surface area contributed by atoms with Crippen molar-refractivity contribution in [2.45, 2.75) is 39.3 Å². The molecular formula is C16H25NO2. The van der Waals surface area contributed by atoms with E-state index in [2.05, 4.69) is 38.2 Å². The first-order valence-corrected chi connectivity index (χ1v) is 7.28. The van der Waals surface area contributed by atoms with Crippen LogP contribution in [0.2, 0.25) is 0 Å². The second kappa shape index (κ2) is 6.92. The third-order valence-electron chi connectivity index (χ3n) is 3.76. The molecule has 0 bridgehead atoms. The van der Waals surface area contributed by atoms with E-state index in [0.717, 1.165) is 31.9 Å². The van der Waals surface area contributed by atoms with Crippen molar-refractivity contribution in [1.82, 2.24) is 5.32 Å². The molecule has 19 heavy (non-hydrogen) atoms. The maximum Gasteiger partial charge on any atom is 0.119 e. The number of benzene rings is 1. The lowest BCUT2D eigenvalue weighted by molar-refractivity contribution is 0.0496. The van der Waals surface area contributed by atoms with Crippen LogP contribution in [0.4, 0.5) is 0 Å². The van der Waals surface area contributed by atoms with E-state index in [4.69, 9.17) is 9.47 Å². The molecule has 1 N–H and O–H groups in total. The molecule has 1 saturated heterocycles. The number of nitrogens with one attached hydrogen (secondary N) is 1. The Morgan fingerprint density at radius 2 is 2.00 bits per heavy atom. The van der Waals surface area contributed by atoms with Crippen molar-refractivity contribution in [2.75, 3.05) is 19.8 Å². The summed E-state index contributed by atoms with van der Waals surface area (Å²) in [6.07, 6.45) is 1.18. The number of hydrogen-bond donors (Lipinski definition) is 1. The molecule has 0 aliphatic carbocycles. The normalized spacial score (nSPS) is 27.8. The highest BCUT2D eigenvalue weighted by Crippen LogP contribution is 2.24. The van der Waals surface area contributed by atoms with Gasteiger partial charge in [0.2, 0.25) is 0 Å². The Morgan fingerprint density at radius 3 is 2.68 bits per heavy atom. The first-order valence-electron chi connectivity index (χ1n) is 7.28. The van der Waals surface area contributed by atoms with Gasteiger partial charge in [0.05, 0.1) is 19.3 Å². The average molecular weight is 263 g/mol. The third kappa shape index (κ3) is 3.95. The molecule has 3 atom stereocenters. The average Bonchev–Trinajstić information content (AvgIpc) is 2.60. The molecule has 1 heterocycles. The van der Waals surface area contributed by atoms with E-state index in [1.807, 2.05) is 12.1 Å². The van der Waals surface area contributed by atoms with Gasteiger partial charge < -0.3 is 14.8 Å². The molecule has 0 spiro atoms. The van der Waals surface area contributed by atoms with Crippen LogP contribution in [0, 0.1) is 5.92 Å². The molecule has 2 rings (SSSR count). The number of rotatable bonds is 4.